The molecule has 19 heavy (non-hydrogen) atoms. The van der Waals surface area contributed by atoms with Crippen molar-refractivity contribution in [2.45, 2.75) is 20.0 Å². The van der Waals surface area contributed by atoms with E-state index in [1.54, 1.807) is 25.1 Å². The summed E-state index contributed by atoms with van der Waals surface area (Å²) in [4.78, 5) is 0. The molecule has 1 nitrogen and oxygen atoms in total. The third-order valence-corrected chi connectivity index (χ3v) is 3.39. The summed E-state index contributed by atoms with van der Waals surface area (Å²) < 4.78 is 14.0. The largest absolute Gasteiger partial charge is 0.384 e. The van der Waals surface area contributed by atoms with Gasteiger partial charge in [0.25, 0.3) is 0 Å². The predicted molar refractivity (Wildman–Crippen MR) is 76.4 cm³/mol. The first-order valence-electron chi connectivity index (χ1n) is 5.79. The number of aliphatic hydroxyl groups is 1. The average molecular weight is 299 g/mol. The summed E-state index contributed by atoms with van der Waals surface area (Å²) in [5.74, 6) is -0.430. The van der Waals surface area contributed by atoms with Crippen LogP contribution in [0.3, 0.4) is 0 Å². The summed E-state index contributed by atoms with van der Waals surface area (Å²) in [6, 6.07) is 7.96. The number of halogens is 3. The maximum atomic E-state index is 14.0. The van der Waals surface area contributed by atoms with E-state index in [4.69, 9.17) is 23.2 Å². The number of hydrogen-bond donors (Lipinski definition) is 1. The van der Waals surface area contributed by atoms with E-state index in [2.05, 4.69) is 0 Å². The molecule has 4 heteroatoms. The van der Waals surface area contributed by atoms with Gasteiger partial charge >= 0.3 is 0 Å². The van der Waals surface area contributed by atoms with E-state index in [0.29, 0.717) is 21.2 Å². The van der Waals surface area contributed by atoms with E-state index in [9.17, 15) is 9.50 Å². The maximum absolute atomic E-state index is 14.0. The summed E-state index contributed by atoms with van der Waals surface area (Å²) in [7, 11) is 0. The lowest BCUT2D eigenvalue weighted by Crippen LogP contribution is -2.06. The third kappa shape index (κ3) is 3.08. The van der Waals surface area contributed by atoms with E-state index < -0.39 is 11.9 Å². The van der Waals surface area contributed by atoms with E-state index >= 15 is 0 Å². The smallest absolute Gasteiger partial charge is 0.129 e. The molecule has 1 unspecified atom stereocenters. The molecule has 0 radical (unpaired) electrons. The second kappa shape index (κ2) is 5.49. The normalized spacial score (nSPS) is 12.5. The summed E-state index contributed by atoms with van der Waals surface area (Å²) in [5.41, 5.74) is 2.24. The van der Waals surface area contributed by atoms with Crippen molar-refractivity contribution in [2.24, 2.45) is 0 Å². The van der Waals surface area contributed by atoms with Gasteiger partial charge in [0.05, 0.1) is 0 Å². The Labute approximate surface area is 121 Å². The standard InChI is InChI=1S/C15H13Cl2FO/c1-8-3-9(2)14(13(18)4-8)15(19)10-5-11(16)7-12(17)6-10/h3-7,15,19H,1-2H3. The average Bonchev–Trinajstić information content (AvgIpc) is 2.25. The van der Waals surface area contributed by atoms with Crippen LogP contribution in [0.15, 0.2) is 30.3 Å². The van der Waals surface area contributed by atoms with Crippen molar-refractivity contribution < 1.29 is 9.50 Å². The van der Waals surface area contributed by atoms with Gasteiger partial charge in [-0.15, -0.1) is 0 Å². The van der Waals surface area contributed by atoms with Crippen LogP contribution in [-0.4, -0.2) is 5.11 Å². The highest BCUT2D eigenvalue weighted by Crippen LogP contribution is 2.31. The number of rotatable bonds is 2. The molecule has 0 spiro atoms. The number of aliphatic hydroxyl groups excluding tert-OH is 1. The number of benzene rings is 2. The first-order valence-corrected chi connectivity index (χ1v) is 6.55. The molecule has 100 valence electrons. The van der Waals surface area contributed by atoms with Crippen LogP contribution in [0.4, 0.5) is 4.39 Å². The van der Waals surface area contributed by atoms with Crippen molar-refractivity contribution in [3.8, 4) is 0 Å². The summed E-state index contributed by atoms with van der Waals surface area (Å²) in [6.07, 6.45) is -1.09. The van der Waals surface area contributed by atoms with E-state index in [0.717, 1.165) is 5.56 Å². The number of hydrogen-bond acceptors (Lipinski definition) is 1. The SMILES string of the molecule is Cc1cc(C)c(C(O)c2cc(Cl)cc(Cl)c2)c(F)c1. The Morgan fingerprint density at radius 3 is 2.11 bits per heavy atom. The molecule has 1 atom stereocenters. The molecule has 2 aromatic carbocycles. The molecule has 0 saturated carbocycles. The number of aryl methyl sites for hydroxylation is 2. The molecule has 1 N–H and O–H groups in total. The Bertz CT molecular complexity index is 582. The topological polar surface area (TPSA) is 20.2 Å². The van der Waals surface area contributed by atoms with Crippen molar-refractivity contribution in [1.82, 2.24) is 0 Å². The highest BCUT2D eigenvalue weighted by Gasteiger charge is 2.18. The quantitative estimate of drug-likeness (QED) is 0.842. The molecule has 0 bridgehead atoms. The molecule has 0 aliphatic rings. The van der Waals surface area contributed by atoms with Crippen LogP contribution in [0.1, 0.15) is 28.4 Å². The van der Waals surface area contributed by atoms with Crippen LogP contribution in [0.2, 0.25) is 10.0 Å². The lowest BCUT2D eigenvalue weighted by atomic mass is 9.95. The molecule has 0 fully saturated rings. The second-order valence-electron chi connectivity index (χ2n) is 4.58. The molecule has 0 amide bonds. The van der Waals surface area contributed by atoms with Gasteiger partial charge in [0.1, 0.15) is 11.9 Å². The molecule has 0 aliphatic heterocycles. The highest BCUT2D eigenvalue weighted by atomic mass is 35.5. The fourth-order valence-electron chi connectivity index (χ4n) is 2.17. The predicted octanol–water partition coefficient (Wildman–Crippen LogP) is 4.83. The molecule has 0 heterocycles. The van der Waals surface area contributed by atoms with Crippen LogP contribution >= 0.6 is 23.2 Å². The van der Waals surface area contributed by atoms with E-state index in [1.165, 1.54) is 6.07 Å². The van der Waals surface area contributed by atoms with Gasteiger partial charge in [-0.3, -0.25) is 0 Å². The van der Waals surface area contributed by atoms with Crippen molar-refractivity contribution in [3.05, 3.63) is 68.4 Å². The van der Waals surface area contributed by atoms with Crippen LogP contribution in [0, 0.1) is 19.7 Å². The van der Waals surface area contributed by atoms with Gasteiger partial charge in [-0.1, -0.05) is 29.3 Å². The van der Waals surface area contributed by atoms with E-state index in [-0.39, 0.29) is 5.56 Å². The van der Waals surface area contributed by atoms with Crippen molar-refractivity contribution in [3.63, 3.8) is 0 Å². The van der Waals surface area contributed by atoms with Gasteiger partial charge < -0.3 is 5.11 Å². The van der Waals surface area contributed by atoms with Crippen LogP contribution in [0.5, 0.6) is 0 Å². The molecular formula is C15H13Cl2FO. The molecular weight excluding hydrogens is 286 g/mol. The molecule has 0 saturated heterocycles. The fourth-order valence-corrected chi connectivity index (χ4v) is 2.72. The van der Waals surface area contributed by atoms with Crippen molar-refractivity contribution in [2.75, 3.05) is 0 Å². The van der Waals surface area contributed by atoms with Crippen LogP contribution in [-0.2, 0) is 0 Å². The minimum Gasteiger partial charge on any atom is -0.384 e. The van der Waals surface area contributed by atoms with E-state index in [1.807, 2.05) is 13.0 Å². The Morgan fingerprint density at radius 2 is 1.58 bits per heavy atom. The highest BCUT2D eigenvalue weighted by molar-refractivity contribution is 6.34. The van der Waals surface area contributed by atoms with Gasteiger partial charge in [-0.25, -0.2) is 4.39 Å². The Balaban J connectivity index is 2.52. The van der Waals surface area contributed by atoms with Gasteiger partial charge in [-0.05, 0) is 54.8 Å². The van der Waals surface area contributed by atoms with Crippen LogP contribution < -0.4 is 0 Å². The third-order valence-electron chi connectivity index (χ3n) is 2.95. The summed E-state index contributed by atoms with van der Waals surface area (Å²) in [6.45, 7) is 3.57. The zero-order valence-corrected chi connectivity index (χ0v) is 12.1. The lowest BCUT2D eigenvalue weighted by Gasteiger charge is -2.16. The molecule has 2 rings (SSSR count). The molecule has 0 aliphatic carbocycles. The summed E-state index contributed by atoms with van der Waals surface area (Å²) >= 11 is 11.8. The van der Waals surface area contributed by atoms with Gasteiger partial charge in [0, 0.05) is 15.6 Å². The first-order chi connectivity index (χ1) is 8.88. The van der Waals surface area contributed by atoms with Gasteiger partial charge in [0.15, 0.2) is 0 Å². The van der Waals surface area contributed by atoms with Crippen molar-refractivity contribution >= 4 is 23.2 Å². The zero-order chi connectivity index (χ0) is 14.2. The minimum atomic E-state index is -1.09. The molecule has 0 aromatic heterocycles. The lowest BCUT2D eigenvalue weighted by molar-refractivity contribution is 0.214. The van der Waals surface area contributed by atoms with Crippen molar-refractivity contribution in [1.29, 1.82) is 0 Å². The Morgan fingerprint density at radius 1 is 1.00 bits per heavy atom. The zero-order valence-electron chi connectivity index (χ0n) is 10.5. The van der Waals surface area contributed by atoms with Gasteiger partial charge in [0.2, 0.25) is 0 Å². The minimum absolute atomic E-state index is 0.254. The molecule has 2 aromatic rings. The maximum Gasteiger partial charge on any atom is 0.129 e. The monoisotopic (exact) mass is 298 g/mol. The fraction of sp³-hybridized carbons (Fsp3) is 0.200. The summed E-state index contributed by atoms with van der Waals surface area (Å²) in [5, 5.41) is 11.2. The Hall–Kier alpha value is -1.09. The van der Waals surface area contributed by atoms with Gasteiger partial charge in [-0.2, -0.15) is 0 Å². The first kappa shape index (κ1) is 14.3. The Kier molecular flexibility index (Phi) is 4.14. The second-order valence-corrected chi connectivity index (χ2v) is 5.46. The van der Waals surface area contributed by atoms with Crippen LogP contribution in [0.25, 0.3) is 0 Å².